The molecule has 18 heavy (non-hydrogen) atoms. The Morgan fingerprint density at radius 2 is 2.00 bits per heavy atom. The summed E-state index contributed by atoms with van der Waals surface area (Å²) in [7, 11) is 4.15. The summed E-state index contributed by atoms with van der Waals surface area (Å²) in [6.45, 7) is 7.90. The van der Waals surface area contributed by atoms with Crippen LogP contribution in [0.25, 0.3) is 0 Å². The molecule has 0 saturated carbocycles. The van der Waals surface area contributed by atoms with Gasteiger partial charge in [-0.25, -0.2) is 0 Å². The fraction of sp³-hybridized carbons (Fsp3) is 0.929. The van der Waals surface area contributed by atoms with Crippen molar-refractivity contribution in [2.75, 3.05) is 40.3 Å². The predicted octanol–water partition coefficient (Wildman–Crippen LogP) is 1.32. The van der Waals surface area contributed by atoms with Crippen molar-refractivity contribution in [3.05, 3.63) is 0 Å². The molecule has 1 N–H and O–H groups in total. The molecule has 1 amide bonds. The van der Waals surface area contributed by atoms with Crippen molar-refractivity contribution in [3.8, 4) is 0 Å². The molecule has 4 heteroatoms. The van der Waals surface area contributed by atoms with Crippen LogP contribution < -0.4 is 5.32 Å². The SMILES string of the molecule is CCN(CCCN(C)C)C(=O)C1(CC)CCCN1. The third-order valence-electron chi connectivity index (χ3n) is 3.96. The molecule has 0 spiro atoms. The smallest absolute Gasteiger partial charge is 0.242 e. The van der Waals surface area contributed by atoms with Crippen molar-refractivity contribution >= 4 is 5.91 Å². The summed E-state index contributed by atoms with van der Waals surface area (Å²) in [5.74, 6) is 0.309. The maximum absolute atomic E-state index is 12.7. The van der Waals surface area contributed by atoms with Gasteiger partial charge < -0.3 is 15.1 Å². The molecule has 0 aromatic rings. The number of hydrogen-bond acceptors (Lipinski definition) is 3. The molecule has 1 saturated heterocycles. The fourth-order valence-corrected chi connectivity index (χ4v) is 2.73. The van der Waals surface area contributed by atoms with Gasteiger partial charge in [-0.3, -0.25) is 4.79 Å². The number of carbonyl (C=O) groups is 1. The summed E-state index contributed by atoms with van der Waals surface area (Å²) in [5, 5.41) is 3.43. The minimum atomic E-state index is -0.270. The second kappa shape index (κ2) is 7.10. The second-order valence-electron chi connectivity index (χ2n) is 5.51. The molecule has 1 rings (SSSR count). The highest BCUT2D eigenvalue weighted by Gasteiger charge is 2.41. The van der Waals surface area contributed by atoms with E-state index >= 15 is 0 Å². The van der Waals surface area contributed by atoms with Gasteiger partial charge in [0.25, 0.3) is 0 Å². The molecule has 0 aliphatic carbocycles. The molecular formula is C14H29N3O. The van der Waals surface area contributed by atoms with E-state index in [9.17, 15) is 4.79 Å². The monoisotopic (exact) mass is 255 g/mol. The van der Waals surface area contributed by atoms with Crippen LogP contribution in [0.4, 0.5) is 0 Å². The molecule has 1 aliphatic heterocycles. The minimum absolute atomic E-state index is 0.270. The van der Waals surface area contributed by atoms with Crippen LogP contribution in [-0.2, 0) is 4.79 Å². The highest BCUT2D eigenvalue weighted by atomic mass is 16.2. The highest BCUT2D eigenvalue weighted by Crippen LogP contribution is 2.25. The average Bonchev–Trinajstić information content (AvgIpc) is 2.83. The lowest BCUT2D eigenvalue weighted by molar-refractivity contribution is -0.138. The summed E-state index contributed by atoms with van der Waals surface area (Å²) in [6, 6.07) is 0. The first kappa shape index (κ1) is 15.4. The molecule has 1 atom stereocenters. The van der Waals surface area contributed by atoms with Crippen LogP contribution in [0.5, 0.6) is 0 Å². The first-order chi connectivity index (χ1) is 8.55. The van der Waals surface area contributed by atoms with E-state index in [0.29, 0.717) is 5.91 Å². The van der Waals surface area contributed by atoms with Crippen LogP contribution in [0.15, 0.2) is 0 Å². The van der Waals surface area contributed by atoms with Gasteiger partial charge in [0.2, 0.25) is 5.91 Å². The maximum Gasteiger partial charge on any atom is 0.242 e. The molecule has 1 fully saturated rings. The van der Waals surface area contributed by atoms with E-state index < -0.39 is 0 Å². The van der Waals surface area contributed by atoms with E-state index in [1.54, 1.807) is 0 Å². The van der Waals surface area contributed by atoms with Crippen LogP contribution in [0.2, 0.25) is 0 Å². The Morgan fingerprint density at radius 3 is 2.44 bits per heavy atom. The molecule has 0 bridgehead atoms. The van der Waals surface area contributed by atoms with Crippen LogP contribution in [0, 0.1) is 0 Å². The van der Waals surface area contributed by atoms with Gasteiger partial charge in [-0.05, 0) is 59.8 Å². The van der Waals surface area contributed by atoms with Crippen LogP contribution in [-0.4, -0.2) is 61.5 Å². The third-order valence-corrected chi connectivity index (χ3v) is 3.96. The van der Waals surface area contributed by atoms with Gasteiger partial charge in [-0.1, -0.05) is 6.92 Å². The molecular weight excluding hydrogens is 226 g/mol. The Balaban J connectivity index is 2.55. The van der Waals surface area contributed by atoms with Gasteiger partial charge >= 0.3 is 0 Å². The minimum Gasteiger partial charge on any atom is -0.341 e. The van der Waals surface area contributed by atoms with Gasteiger partial charge in [0, 0.05) is 13.1 Å². The normalized spacial score (nSPS) is 23.6. The van der Waals surface area contributed by atoms with Crippen molar-refractivity contribution < 1.29 is 4.79 Å². The lowest BCUT2D eigenvalue weighted by atomic mass is 9.92. The lowest BCUT2D eigenvalue weighted by Crippen LogP contribution is -2.54. The van der Waals surface area contributed by atoms with E-state index in [0.717, 1.165) is 51.9 Å². The number of carbonyl (C=O) groups excluding carboxylic acids is 1. The van der Waals surface area contributed by atoms with Crippen molar-refractivity contribution in [3.63, 3.8) is 0 Å². The number of nitrogens with one attached hydrogen (secondary N) is 1. The van der Waals surface area contributed by atoms with E-state index in [1.807, 2.05) is 4.90 Å². The van der Waals surface area contributed by atoms with Crippen LogP contribution in [0.3, 0.4) is 0 Å². The quantitative estimate of drug-likeness (QED) is 0.745. The predicted molar refractivity (Wildman–Crippen MR) is 75.7 cm³/mol. The average molecular weight is 255 g/mol. The lowest BCUT2D eigenvalue weighted by Gasteiger charge is -2.33. The van der Waals surface area contributed by atoms with Crippen LogP contribution in [0.1, 0.15) is 39.5 Å². The zero-order chi connectivity index (χ0) is 13.6. The van der Waals surface area contributed by atoms with E-state index in [2.05, 4.69) is 38.2 Å². The Hall–Kier alpha value is -0.610. The van der Waals surface area contributed by atoms with E-state index in [-0.39, 0.29) is 5.54 Å². The Labute approximate surface area is 112 Å². The summed E-state index contributed by atoms with van der Waals surface area (Å²) in [5.41, 5.74) is -0.270. The van der Waals surface area contributed by atoms with Gasteiger partial charge in [-0.15, -0.1) is 0 Å². The van der Waals surface area contributed by atoms with Crippen molar-refractivity contribution in [1.82, 2.24) is 15.1 Å². The van der Waals surface area contributed by atoms with Gasteiger partial charge in [0.1, 0.15) is 0 Å². The molecule has 0 aromatic carbocycles. The zero-order valence-corrected chi connectivity index (χ0v) is 12.5. The maximum atomic E-state index is 12.7. The third kappa shape index (κ3) is 3.69. The number of nitrogens with zero attached hydrogens (tertiary/aromatic N) is 2. The summed E-state index contributed by atoms with van der Waals surface area (Å²) >= 11 is 0. The first-order valence-electron chi connectivity index (χ1n) is 7.25. The molecule has 0 aromatic heterocycles. The number of rotatable bonds is 7. The Bertz CT molecular complexity index is 260. The molecule has 1 unspecified atom stereocenters. The first-order valence-corrected chi connectivity index (χ1v) is 7.25. The molecule has 4 nitrogen and oxygen atoms in total. The molecule has 0 radical (unpaired) electrons. The highest BCUT2D eigenvalue weighted by molar-refractivity contribution is 5.86. The molecule has 1 heterocycles. The van der Waals surface area contributed by atoms with Crippen molar-refractivity contribution in [2.45, 2.75) is 45.1 Å². The number of hydrogen-bond donors (Lipinski definition) is 1. The molecule has 106 valence electrons. The largest absolute Gasteiger partial charge is 0.341 e. The van der Waals surface area contributed by atoms with Gasteiger partial charge in [-0.2, -0.15) is 0 Å². The summed E-state index contributed by atoms with van der Waals surface area (Å²) < 4.78 is 0. The second-order valence-corrected chi connectivity index (χ2v) is 5.51. The van der Waals surface area contributed by atoms with E-state index in [1.165, 1.54) is 0 Å². The number of amides is 1. The van der Waals surface area contributed by atoms with Crippen LogP contribution >= 0.6 is 0 Å². The Morgan fingerprint density at radius 1 is 1.28 bits per heavy atom. The fourth-order valence-electron chi connectivity index (χ4n) is 2.73. The number of likely N-dealkylation sites (N-methyl/N-ethyl adjacent to an activating group) is 1. The summed E-state index contributed by atoms with van der Waals surface area (Å²) in [6.07, 6.45) is 4.06. The van der Waals surface area contributed by atoms with E-state index in [4.69, 9.17) is 0 Å². The van der Waals surface area contributed by atoms with Crippen molar-refractivity contribution in [1.29, 1.82) is 0 Å². The Kier molecular flexibility index (Phi) is 6.09. The van der Waals surface area contributed by atoms with Gasteiger partial charge in [0.05, 0.1) is 5.54 Å². The molecule has 1 aliphatic rings. The zero-order valence-electron chi connectivity index (χ0n) is 12.5. The van der Waals surface area contributed by atoms with Crippen molar-refractivity contribution in [2.24, 2.45) is 0 Å². The topological polar surface area (TPSA) is 35.6 Å². The summed E-state index contributed by atoms with van der Waals surface area (Å²) in [4.78, 5) is 16.8. The standard InChI is InChI=1S/C14H29N3O/c1-5-14(9-7-10-15-14)13(18)17(6-2)12-8-11-16(3)4/h15H,5-12H2,1-4H3. The van der Waals surface area contributed by atoms with Gasteiger partial charge in [0.15, 0.2) is 0 Å².